The van der Waals surface area contributed by atoms with Crippen molar-refractivity contribution in [2.75, 3.05) is 0 Å². The Kier molecular flexibility index (Phi) is 4.18. The van der Waals surface area contributed by atoms with Crippen LogP contribution in [0.2, 0.25) is 0 Å². The first kappa shape index (κ1) is 12.8. The van der Waals surface area contributed by atoms with Crippen LogP contribution in [-0.4, -0.2) is 14.8 Å². The fourth-order valence-corrected chi connectivity index (χ4v) is 1.53. The summed E-state index contributed by atoms with van der Waals surface area (Å²) in [4.78, 5) is 12.0. The predicted molar refractivity (Wildman–Crippen MR) is 68.8 cm³/mol. The lowest BCUT2D eigenvalue weighted by Gasteiger charge is -2.11. The number of thiocarbonyl (C=S) groups is 1. The first-order chi connectivity index (χ1) is 7.47. The van der Waals surface area contributed by atoms with E-state index in [2.05, 4.69) is 5.10 Å². The average molecular weight is 239 g/mol. The summed E-state index contributed by atoms with van der Waals surface area (Å²) in [6.07, 6.45) is 0.852. The van der Waals surface area contributed by atoms with Gasteiger partial charge in [-0.15, -0.1) is 0 Å². The van der Waals surface area contributed by atoms with Gasteiger partial charge in [0.25, 0.3) is 5.56 Å². The quantitative estimate of drug-likeness (QED) is 0.807. The van der Waals surface area contributed by atoms with Gasteiger partial charge in [0.15, 0.2) is 0 Å². The molecule has 88 valence electrons. The Morgan fingerprint density at radius 1 is 1.62 bits per heavy atom. The molecule has 16 heavy (non-hydrogen) atoms. The molecule has 0 amide bonds. The van der Waals surface area contributed by atoms with Gasteiger partial charge in [-0.2, -0.15) is 5.10 Å². The molecule has 0 saturated heterocycles. The van der Waals surface area contributed by atoms with Crippen LogP contribution in [0.4, 0.5) is 0 Å². The molecule has 2 N–H and O–H groups in total. The predicted octanol–water partition coefficient (Wildman–Crippen LogP) is 1.41. The minimum atomic E-state index is -0.196. The lowest BCUT2D eigenvalue weighted by atomic mass is 10.1. The summed E-state index contributed by atoms with van der Waals surface area (Å²) < 4.78 is 1.45. The smallest absolute Gasteiger partial charge is 0.277 e. The van der Waals surface area contributed by atoms with E-state index < -0.39 is 0 Å². The van der Waals surface area contributed by atoms with Gasteiger partial charge >= 0.3 is 0 Å². The van der Waals surface area contributed by atoms with E-state index in [-0.39, 0.29) is 16.5 Å². The number of aryl methyl sites for hydroxylation is 1. The van der Waals surface area contributed by atoms with E-state index in [1.807, 2.05) is 20.8 Å². The molecule has 0 radical (unpaired) electrons. The minimum Gasteiger partial charge on any atom is -0.389 e. The molecular formula is C11H17N3OS. The fraction of sp³-hybridized carbons (Fsp3) is 0.545. The Morgan fingerprint density at radius 3 is 2.69 bits per heavy atom. The second kappa shape index (κ2) is 5.21. The summed E-state index contributed by atoms with van der Waals surface area (Å²) in [5, 5.41) is 4.29. The van der Waals surface area contributed by atoms with Crippen molar-refractivity contribution in [1.29, 1.82) is 0 Å². The Labute approximate surface area is 100 Å². The number of hydrogen-bond donors (Lipinski definition) is 1. The van der Waals surface area contributed by atoms with Gasteiger partial charge in [0.2, 0.25) is 0 Å². The normalized spacial score (nSPS) is 10.8. The minimum absolute atomic E-state index is 0.138. The number of nitrogens with zero attached hydrogens (tertiary/aromatic N) is 2. The van der Waals surface area contributed by atoms with Crippen molar-refractivity contribution >= 4 is 17.2 Å². The zero-order valence-corrected chi connectivity index (χ0v) is 10.7. The SMILES string of the molecule is CCCn1nc(C(C)C)cc(C(N)=S)c1=O. The number of hydrogen-bond acceptors (Lipinski definition) is 3. The third-order valence-electron chi connectivity index (χ3n) is 2.29. The van der Waals surface area contributed by atoms with Gasteiger partial charge in [-0.3, -0.25) is 4.79 Å². The van der Waals surface area contributed by atoms with Crippen molar-refractivity contribution in [3.8, 4) is 0 Å². The highest BCUT2D eigenvalue weighted by atomic mass is 32.1. The molecule has 1 aromatic heterocycles. The van der Waals surface area contributed by atoms with Crippen LogP contribution in [0.15, 0.2) is 10.9 Å². The van der Waals surface area contributed by atoms with Crippen molar-refractivity contribution in [2.24, 2.45) is 5.73 Å². The summed E-state index contributed by atoms with van der Waals surface area (Å²) in [5.41, 5.74) is 6.58. The molecule has 1 rings (SSSR count). The van der Waals surface area contributed by atoms with E-state index in [9.17, 15) is 4.79 Å². The van der Waals surface area contributed by atoms with Crippen LogP contribution in [0.3, 0.4) is 0 Å². The molecule has 1 aromatic rings. The Hall–Kier alpha value is -1.23. The molecule has 0 unspecified atom stereocenters. The molecule has 0 fully saturated rings. The monoisotopic (exact) mass is 239 g/mol. The van der Waals surface area contributed by atoms with Crippen molar-refractivity contribution < 1.29 is 0 Å². The van der Waals surface area contributed by atoms with Gasteiger partial charge in [-0.05, 0) is 18.4 Å². The van der Waals surface area contributed by atoms with E-state index in [1.54, 1.807) is 6.07 Å². The third-order valence-corrected chi connectivity index (χ3v) is 2.51. The van der Waals surface area contributed by atoms with Crippen molar-refractivity contribution in [3.63, 3.8) is 0 Å². The lowest BCUT2D eigenvalue weighted by Crippen LogP contribution is -2.32. The van der Waals surface area contributed by atoms with E-state index in [4.69, 9.17) is 18.0 Å². The van der Waals surface area contributed by atoms with E-state index in [0.717, 1.165) is 12.1 Å². The first-order valence-corrected chi connectivity index (χ1v) is 5.80. The summed E-state index contributed by atoms with van der Waals surface area (Å²) in [5.74, 6) is 0.247. The molecule has 0 aliphatic rings. The molecule has 4 nitrogen and oxygen atoms in total. The van der Waals surface area contributed by atoms with Crippen molar-refractivity contribution in [2.45, 2.75) is 39.7 Å². The highest BCUT2D eigenvalue weighted by Crippen LogP contribution is 2.10. The van der Waals surface area contributed by atoms with Gasteiger partial charge in [0.05, 0.1) is 11.3 Å². The van der Waals surface area contributed by atoms with Gasteiger partial charge in [0, 0.05) is 6.54 Å². The van der Waals surface area contributed by atoms with Crippen LogP contribution in [0.5, 0.6) is 0 Å². The standard InChI is InChI=1S/C11H17N3OS/c1-4-5-14-11(15)8(10(12)16)6-9(13-14)7(2)3/h6-7H,4-5H2,1-3H3,(H2,12,16). The van der Waals surface area contributed by atoms with Crippen LogP contribution >= 0.6 is 12.2 Å². The summed E-state index contributed by atoms with van der Waals surface area (Å²) in [7, 11) is 0. The molecule has 0 aliphatic carbocycles. The fourth-order valence-electron chi connectivity index (χ4n) is 1.38. The van der Waals surface area contributed by atoms with Crippen LogP contribution in [-0.2, 0) is 6.54 Å². The molecule has 0 aromatic carbocycles. The molecule has 0 spiro atoms. The van der Waals surface area contributed by atoms with Gasteiger partial charge in [-0.1, -0.05) is 33.0 Å². The molecule has 5 heteroatoms. The highest BCUT2D eigenvalue weighted by molar-refractivity contribution is 7.80. The zero-order valence-electron chi connectivity index (χ0n) is 9.86. The van der Waals surface area contributed by atoms with Crippen LogP contribution < -0.4 is 11.3 Å². The molecule has 0 atom stereocenters. The van der Waals surface area contributed by atoms with Crippen LogP contribution in [0, 0.1) is 0 Å². The number of aromatic nitrogens is 2. The molecule has 0 saturated carbocycles. The van der Waals surface area contributed by atoms with E-state index in [1.165, 1.54) is 4.68 Å². The Balaban J connectivity index is 3.39. The summed E-state index contributed by atoms with van der Waals surface area (Å²) in [6.45, 7) is 6.63. The summed E-state index contributed by atoms with van der Waals surface area (Å²) >= 11 is 4.88. The third kappa shape index (κ3) is 2.66. The maximum absolute atomic E-state index is 11.9. The van der Waals surface area contributed by atoms with Crippen LogP contribution in [0.25, 0.3) is 0 Å². The number of rotatable bonds is 4. The van der Waals surface area contributed by atoms with Crippen molar-refractivity contribution in [3.05, 3.63) is 27.7 Å². The topological polar surface area (TPSA) is 60.9 Å². The van der Waals surface area contributed by atoms with Gasteiger partial charge < -0.3 is 5.73 Å². The molecule has 0 bridgehead atoms. The van der Waals surface area contributed by atoms with Gasteiger partial charge in [-0.25, -0.2) is 4.68 Å². The van der Waals surface area contributed by atoms with E-state index in [0.29, 0.717) is 12.1 Å². The van der Waals surface area contributed by atoms with Gasteiger partial charge in [0.1, 0.15) is 4.99 Å². The van der Waals surface area contributed by atoms with E-state index >= 15 is 0 Å². The maximum atomic E-state index is 11.9. The summed E-state index contributed by atoms with van der Waals surface area (Å²) in [6, 6.07) is 1.70. The largest absolute Gasteiger partial charge is 0.389 e. The second-order valence-electron chi connectivity index (χ2n) is 4.03. The molecule has 0 aliphatic heterocycles. The zero-order chi connectivity index (χ0) is 12.3. The first-order valence-electron chi connectivity index (χ1n) is 5.39. The maximum Gasteiger partial charge on any atom is 0.277 e. The van der Waals surface area contributed by atoms with Crippen LogP contribution in [0.1, 0.15) is 44.4 Å². The van der Waals surface area contributed by atoms with Crippen molar-refractivity contribution in [1.82, 2.24) is 9.78 Å². The lowest BCUT2D eigenvalue weighted by molar-refractivity contribution is 0.546. The Bertz CT molecular complexity index is 451. The second-order valence-corrected chi connectivity index (χ2v) is 4.47. The highest BCUT2D eigenvalue weighted by Gasteiger charge is 2.11. The molecule has 1 heterocycles. The number of nitrogens with two attached hydrogens (primary N) is 1. The Morgan fingerprint density at radius 2 is 2.25 bits per heavy atom. The average Bonchev–Trinajstić information content (AvgIpc) is 2.20. The molecular weight excluding hydrogens is 222 g/mol.